The van der Waals surface area contributed by atoms with Crippen molar-refractivity contribution in [1.82, 2.24) is 4.90 Å². The van der Waals surface area contributed by atoms with Crippen molar-refractivity contribution in [3.05, 3.63) is 0 Å². The summed E-state index contributed by atoms with van der Waals surface area (Å²) in [5.41, 5.74) is 5.46. The van der Waals surface area contributed by atoms with E-state index in [1.807, 2.05) is 4.90 Å². The first-order valence-electron chi connectivity index (χ1n) is 9.76. The fourth-order valence-electron chi connectivity index (χ4n) is 2.85. The van der Waals surface area contributed by atoms with Crippen molar-refractivity contribution >= 4 is 6.03 Å². The topological polar surface area (TPSA) is 46.3 Å². The number of rotatable bonds is 16. The number of carbonyl (C=O) groups is 1. The third-order valence-electron chi connectivity index (χ3n) is 4.37. The van der Waals surface area contributed by atoms with Gasteiger partial charge in [-0.1, -0.05) is 90.9 Å². The van der Waals surface area contributed by atoms with Crippen LogP contribution in [-0.2, 0) is 0 Å². The Labute approximate surface area is 139 Å². The Hall–Kier alpha value is -0.730. The molecule has 2 amide bonds. The molecule has 2 N–H and O–H groups in total. The van der Waals surface area contributed by atoms with E-state index < -0.39 is 0 Å². The number of unbranched alkanes of at least 4 members (excludes halogenated alkanes) is 12. The first-order valence-corrected chi connectivity index (χ1v) is 9.76. The van der Waals surface area contributed by atoms with Crippen molar-refractivity contribution in [3.63, 3.8) is 0 Å². The van der Waals surface area contributed by atoms with E-state index in [9.17, 15) is 4.79 Å². The van der Waals surface area contributed by atoms with Gasteiger partial charge >= 0.3 is 6.03 Å². The monoisotopic (exact) mass is 312 g/mol. The van der Waals surface area contributed by atoms with Gasteiger partial charge in [-0.3, -0.25) is 0 Å². The molecule has 22 heavy (non-hydrogen) atoms. The standard InChI is InChI=1S/C19H40N2O/c1-3-5-7-9-10-11-12-13-14-16-18-21(19(20)22)17-15-8-6-4-2/h3-18H2,1-2H3,(H2,20,22). The number of hydrogen-bond donors (Lipinski definition) is 1. The second-order valence-electron chi connectivity index (χ2n) is 6.57. The van der Waals surface area contributed by atoms with Gasteiger partial charge in [-0.05, 0) is 12.8 Å². The second kappa shape index (κ2) is 16.6. The van der Waals surface area contributed by atoms with Crippen molar-refractivity contribution in [2.24, 2.45) is 5.73 Å². The van der Waals surface area contributed by atoms with Crippen LogP contribution < -0.4 is 5.73 Å². The number of nitrogens with two attached hydrogens (primary N) is 1. The van der Waals surface area contributed by atoms with Gasteiger partial charge in [-0.15, -0.1) is 0 Å². The van der Waals surface area contributed by atoms with E-state index in [0.29, 0.717) is 0 Å². The molecule has 0 rings (SSSR count). The van der Waals surface area contributed by atoms with Crippen molar-refractivity contribution in [3.8, 4) is 0 Å². The van der Waals surface area contributed by atoms with E-state index in [1.165, 1.54) is 77.0 Å². The van der Waals surface area contributed by atoms with Crippen LogP contribution in [0.3, 0.4) is 0 Å². The molecule has 0 aromatic rings. The molecule has 0 atom stereocenters. The number of urea groups is 1. The summed E-state index contributed by atoms with van der Waals surface area (Å²) in [7, 11) is 0. The number of primary amides is 1. The summed E-state index contributed by atoms with van der Waals surface area (Å²) in [4.78, 5) is 13.2. The molecule has 0 aromatic heterocycles. The van der Waals surface area contributed by atoms with Gasteiger partial charge in [0, 0.05) is 13.1 Å². The molecule has 0 heterocycles. The van der Waals surface area contributed by atoms with E-state index >= 15 is 0 Å². The van der Waals surface area contributed by atoms with E-state index in [0.717, 1.165) is 25.9 Å². The van der Waals surface area contributed by atoms with Crippen LogP contribution in [0.15, 0.2) is 0 Å². The third kappa shape index (κ3) is 14.2. The van der Waals surface area contributed by atoms with Crippen molar-refractivity contribution in [2.75, 3.05) is 13.1 Å². The molecule has 0 radical (unpaired) electrons. The minimum absolute atomic E-state index is 0.243. The molecule has 132 valence electrons. The first kappa shape index (κ1) is 21.3. The lowest BCUT2D eigenvalue weighted by molar-refractivity contribution is 0.205. The summed E-state index contributed by atoms with van der Waals surface area (Å²) >= 11 is 0. The van der Waals surface area contributed by atoms with Gasteiger partial charge < -0.3 is 10.6 Å². The Morgan fingerprint density at radius 3 is 1.32 bits per heavy atom. The molecule has 0 aliphatic carbocycles. The average molecular weight is 313 g/mol. The molecule has 0 spiro atoms. The molecular weight excluding hydrogens is 272 g/mol. The Kier molecular flexibility index (Phi) is 16.1. The Morgan fingerprint density at radius 1 is 0.636 bits per heavy atom. The van der Waals surface area contributed by atoms with Crippen LogP contribution in [0.5, 0.6) is 0 Å². The molecule has 0 fully saturated rings. The normalized spacial score (nSPS) is 10.8. The molecule has 3 heteroatoms. The maximum atomic E-state index is 11.4. The van der Waals surface area contributed by atoms with Crippen LogP contribution in [0.25, 0.3) is 0 Å². The number of carbonyl (C=O) groups excluding carboxylic acids is 1. The van der Waals surface area contributed by atoms with Crippen LogP contribution in [0.2, 0.25) is 0 Å². The van der Waals surface area contributed by atoms with Gasteiger partial charge in [0.2, 0.25) is 0 Å². The van der Waals surface area contributed by atoms with E-state index in [1.54, 1.807) is 0 Å². The summed E-state index contributed by atoms with van der Waals surface area (Å²) in [5.74, 6) is 0. The Morgan fingerprint density at radius 2 is 0.955 bits per heavy atom. The van der Waals surface area contributed by atoms with Gasteiger partial charge in [0.25, 0.3) is 0 Å². The van der Waals surface area contributed by atoms with Gasteiger partial charge in [0.15, 0.2) is 0 Å². The fourth-order valence-corrected chi connectivity index (χ4v) is 2.85. The van der Waals surface area contributed by atoms with Crippen LogP contribution in [0.4, 0.5) is 4.79 Å². The van der Waals surface area contributed by atoms with Gasteiger partial charge in [0.1, 0.15) is 0 Å². The highest BCUT2D eigenvalue weighted by Crippen LogP contribution is 2.11. The fraction of sp³-hybridized carbons (Fsp3) is 0.947. The maximum Gasteiger partial charge on any atom is 0.314 e. The van der Waals surface area contributed by atoms with E-state index in [-0.39, 0.29) is 6.03 Å². The minimum Gasteiger partial charge on any atom is -0.351 e. The molecule has 0 unspecified atom stereocenters. The Bertz CT molecular complexity index is 244. The predicted octanol–water partition coefficient (Wildman–Crippen LogP) is 5.87. The second-order valence-corrected chi connectivity index (χ2v) is 6.57. The molecule has 3 nitrogen and oxygen atoms in total. The highest BCUT2D eigenvalue weighted by molar-refractivity contribution is 5.71. The first-order chi connectivity index (χ1) is 10.7. The van der Waals surface area contributed by atoms with E-state index in [2.05, 4.69) is 13.8 Å². The van der Waals surface area contributed by atoms with Crippen molar-refractivity contribution < 1.29 is 4.79 Å². The highest BCUT2D eigenvalue weighted by Gasteiger charge is 2.08. The van der Waals surface area contributed by atoms with Crippen LogP contribution >= 0.6 is 0 Å². The zero-order valence-electron chi connectivity index (χ0n) is 15.2. The molecule has 0 saturated heterocycles. The summed E-state index contributed by atoms with van der Waals surface area (Å²) < 4.78 is 0. The van der Waals surface area contributed by atoms with Crippen LogP contribution in [0.1, 0.15) is 104 Å². The maximum absolute atomic E-state index is 11.4. The molecule has 0 aliphatic heterocycles. The van der Waals surface area contributed by atoms with Crippen LogP contribution in [0, 0.1) is 0 Å². The average Bonchev–Trinajstić information content (AvgIpc) is 2.50. The Balaban J connectivity index is 3.42. The smallest absolute Gasteiger partial charge is 0.314 e. The summed E-state index contributed by atoms with van der Waals surface area (Å²) in [6.45, 7) is 6.15. The summed E-state index contributed by atoms with van der Waals surface area (Å²) in [5, 5.41) is 0. The minimum atomic E-state index is -0.243. The molecule has 0 saturated carbocycles. The summed E-state index contributed by atoms with van der Waals surface area (Å²) in [6, 6.07) is -0.243. The lowest BCUT2D eigenvalue weighted by Crippen LogP contribution is -2.37. The van der Waals surface area contributed by atoms with Gasteiger partial charge in [-0.2, -0.15) is 0 Å². The molecule has 0 aliphatic rings. The zero-order valence-corrected chi connectivity index (χ0v) is 15.2. The lowest BCUT2D eigenvalue weighted by atomic mass is 10.1. The lowest BCUT2D eigenvalue weighted by Gasteiger charge is -2.20. The van der Waals surface area contributed by atoms with Gasteiger partial charge in [-0.25, -0.2) is 4.79 Å². The quantitative estimate of drug-likeness (QED) is 0.356. The van der Waals surface area contributed by atoms with Crippen LogP contribution in [-0.4, -0.2) is 24.0 Å². The van der Waals surface area contributed by atoms with Crippen molar-refractivity contribution in [2.45, 2.75) is 104 Å². The van der Waals surface area contributed by atoms with Gasteiger partial charge in [0.05, 0.1) is 0 Å². The largest absolute Gasteiger partial charge is 0.351 e. The number of nitrogens with zero attached hydrogens (tertiary/aromatic N) is 1. The van der Waals surface area contributed by atoms with E-state index in [4.69, 9.17) is 5.73 Å². The molecule has 0 aromatic carbocycles. The van der Waals surface area contributed by atoms with Crippen molar-refractivity contribution in [1.29, 1.82) is 0 Å². The SMILES string of the molecule is CCCCCCCCCCCCN(CCCCCC)C(N)=O. The molecule has 0 bridgehead atoms. The summed E-state index contributed by atoms with van der Waals surface area (Å²) in [6.07, 6.45) is 18.1. The number of hydrogen-bond acceptors (Lipinski definition) is 1. The third-order valence-corrected chi connectivity index (χ3v) is 4.37. The molecular formula is C19H40N2O. The predicted molar refractivity (Wildman–Crippen MR) is 97.1 cm³/mol. The highest BCUT2D eigenvalue weighted by atomic mass is 16.2. The zero-order chi connectivity index (χ0) is 16.5. The number of amides is 2.